The fraction of sp³-hybridized carbons (Fsp3) is 0.550. The van der Waals surface area contributed by atoms with Crippen LogP contribution >= 0.6 is 0 Å². The van der Waals surface area contributed by atoms with Gasteiger partial charge in [-0.1, -0.05) is 6.92 Å². The highest BCUT2D eigenvalue weighted by Crippen LogP contribution is 2.41. The molecule has 0 aliphatic carbocycles. The summed E-state index contributed by atoms with van der Waals surface area (Å²) in [4.78, 5) is 12.5. The number of carbonyl (C=O) groups excluding carboxylic acids is 1. The summed E-state index contributed by atoms with van der Waals surface area (Å²) >= 11 is 0. The molecular formula is C20H26F3NO3. The number of rotatable bonds is 6. The van der Waals surface area contributed by atoms with E-state index in [4.69, 9.17) is 4.74 Å². The number of aromatic nitrogens is 1. The zero-order chi connectivity index (χ0) is 20.5. The van der Waals surface area contributed by atoms with Gasteiger partial charge in [-0.3, -0.25) is 4.79 Å². The highest BCUT2D eigenvalue weighted by atomic mass is 19.4. The lowest BCUT2D eigenvalue weighted by molar-refractivity contribution is -0.145. The molecule has 1 N–H and O–H groups in total. The van der Waals surface area contributed by atoms with E-state index in [0.29, 0.717) is 29.4 Å². The number of aliphatic hydroxyl groups is 1. The van der Waals surface area contributed by atoms with Gasteiger partial charge in [0.05, 0.1) is 24.2 Å². The number of alkyl halides is 3. The molecule has 2 unspecified atom stereocenters. The van der Waals surface area contributed by atoms with Crippen molar-refractivity contribution in [2.24, 2.45) is 0 Å². The van der Waals surface area contributed by atoms with Crippen LogP contribution in [-0.2, 0) is 22.3 Å². The van der Waals surface area contributed by atoms with Crippen LogP contribution in [0.4, 0.5) is 13.2 Å². The fourth-order valence-electron chi connectivity index (χ4n) is 3.74. The lowest BCUT2D eigenvalue weighted by Crippen LogP contribution is -2.16. The van der Waals surface area contributed by atoms with Crippen molar-refractivity contribution >= 4 is 16.9 Å². The summed E-state index contributed by atoms with van der Waals surface area (Å²) in [7, 11) is 0. The summed E-state index contributed by atoms with van der Waals surface area (Å²) in [5.41, 5.74) is 0.771. The maximum Gasteiger partial charge on any atom is 0.416 e. The van der Waals surface area contributed by atoms with Crippen LogP contribution < -0.4 is 0 Å². The molecular weight excluding hydrogens is 359 g/mol. The molecule has 2 atom stereocenters. The molecule has 27 heavy (non-hydrogen) atoms. The van der Waals surface area contributed by atoms with E-state index in [9.17, 15) is 23.1 Å². The molecule has 1 aromatic carbocycles. The molecule has 2 aromatic rings. The van der Waals surface area contributed by atoms with Crippen molar-refractivity contribution in [1.29, 1.82) is 0 Å². The second kappa shape index (κ2) is 7.92. The van der Waals surface area contributed by atoms with Crippen LogP contribution in [0.15, 0.2) is 12.1 Å². The zero-order valence-electron chi connectivity index (χ0n) is 16.3. The molecule has 0 spiro atoms. The molecule has 0 bridgehead atoms. The van der Waals surface area contributed by atoms with Crippen LogP contribution in [-0.4, -0.2) is 22.2 Å². The Bertz CT molecular complexity index is 837. The molecule has 2 rings (SSSR count). The molecule has 7 heteroatoms. The van der Waals surface area contributed by atoms with Gasteiger partial charge in [0, 0.05) is 23.1 Å². The van der Waals surface area contributed by atoms with Crippen molar-refractivity contribution in [3.63, 3.8) is 0 Å². The van der Waals surface area contributed by atoms with Gasteiger partial charge in [0.15, 0.2) is 0 Å². The second-order valence-electron chi connectivity index (χ2n) is 6.59. The highest BCUT2D eigenvalue weighted by molar-refractivity contribution is 5.93. The van der Waals surface area contributed by atoms with Gasteiger partial charge in [0.1, 0.15) is 0 Å². The number of ether oxygens (including phenoxy) is 1. The van der Waals surface area contributed by atoms with Crippen molar-refractivity contribution in [2.75, 3.05) is 6.61 Å². The molecule has 0 saturated carbocycles. The predicted octanol–water partition coefficient (Wildman–Crippen LogP) is 5.10. The number of nitrogens with zero attached hydrogens (tertiary/aromatic N) is 1. The topological polar surface area (TPSA) is 51.5 Å². The smallest absolute Gasteiger partial charge is 0.416 e. The van der Waals surface area contributed by atoms with Crippen molar-refractivity contribution in [3.05, 3.63) is 34.5 Å². The van der Waals surface area contributed by atoms with Gasteiger partial charge < -0.3 is 14.4 Å². The van der Waals surface area contributed by atoms with Crippen LogP contribution in [0.3, 0.4) is 0 Å². The van der Waals surface area contributed by atoms with Gasteiger partial charge in [0.25, 0.3) is 0 Å². The minimum atomic E-state index is -4.58. The summed E-state index contributed by atoms with van der Waals surface area (Å²) in [6.07, 6.45) is -5.40. The van der Waals surface area contributed by atoms with Gasteiger partial charge in [-0.05, 0) is 57.4 Å². The number of aryl methyl sites for hydroxylation is 1. The molecule has 0 aliphatic rings. The SMILES string of the molecule is CCOC(=O)C(CC)c1c(C)n(CC)c2cc(C(F)(F)F)c(C(C)O)cc12. The third kappa shape index (κ3) is 3.83. The average Bonchev–Trinajstić information content (AvgIpc) is 2.85. The third-order valence-electron chi connectivity index (χ3n) is 4.94. The maximum atomic E-state index is 13.5. The lowest BCUT2D eigenvalue weighted by Gasteiger charge is -2.17. The van der Waals surface area contributed by atoms with Gasteiger partial charge >= 0.3 is 12.1 Å². The Hall–Kier alpha value is -2.02. The van der Waals surface area contributed by atoms with Crippen LogP contribution in [0.2, 0.25) is 0 Å². The number of hydrogen-bond acceptors (Lipinski definition) is 3. The monoisotopic (exact) mass is 385 g/mol. The molecule has 0 amide bonds. The van der Waals surface area contributed by atoms with E-state index in [0.717, 1.165) is 11.8 Å². The molecule has 1 heterocycles. The first-order valence-electron chi connectivity index (χ1n) is 9.16. The molecule has 0 saturated heterocycles. The zero-order valence-corrected chi connectivity index (χ0v) is 16.3. The first-order chi connectivity index (χ1) is 12.6. The minimum absolute atomic E-state index is 0.191. The quantitative estimate of drug-likeness (QED) is 0.704. The number of fused-ring (bicyclic) bond motifs is 1. The first kappa shape index (κ1) is 21.3. The first-order valence-corrected chi connectivity index (χ1v) is 9.16. The van der Waals surface area contributed by atoms with Crippen molar-refractivity contribution < 1.29 is 27.8 Å². The van der Waals surface area contributed by atoms with Gasteiger partial charge in [0.2, 0.25) is 0 Å². The highest BCUT2D eigenvalue weighted by Gasteiger charge is 2.36. The Morgan fingerprint density at radius 2 is 1.89 bits per heavy atom. The van der Waals surface area contributed by atoms with E-state index in [-0.39, 0.29) is 12.2 Å². The summed E-state index contributed by atoms with van der Waals surface area (Å²) in [5, 5.41) is 10.5. The van der Waals surface area contributed by atoms with Crippen molar-refractivity contribution in [2.45, 2.75) is 65.8 Å². The fourth-order valence-corrected chi connectivity index (χ4v) is 3.74. The van der Waals surface area contributed by atoms with Crippen LogP contribution in [0.1, 0.15) is 68.5 Å². The van der Waals surface area contributed by atoms with E-state index < -0.39 is 29.7 Å². The Morgan fingerprint density at radius 3 is 2.33 bits per heavy atom. The Morgan fingerprint density at radius 1 is 1.26 bits per heavy atom. The summed E-state index contributed by atoms with van der Waals surface area (Å²) in [5.74, 6) is -0.962. The number of halogens is 3. The third-order valence-corrected chi connectivity index (χ3v) is 4.94. The van der Waals surface area contributed by atoms with Gasteiger partial charge in [-0.15, -0.1) is 0 Å². The maximum absolute atomic E-state index is 13.5. The number of aliphatic hydroxyl groups excluding tert-OH is 1. The standard InChI is InChI=1S/C20H26F3NO3/c1-6-13(19(26)27-8-3)18-11(4)24(7-2)17-10-16(20(21,22)23)14(12(5)25)9-15(17)18/h9-10,12-13,25H,6-8H2,1-5H3. The van der Waals surface area contributed by atoms with E-state index >= 15 is 0 Å². The summed E-state index contributed by atoms with van der Waals surface area (Å²) in [6, 6.07) is 2.45. The molecule has 0 fully saturated rings. The number of carbonyl (C=O) groups is 1. The van der Waals surface area contributed by atoms with E-state index in [2.05, 4.69) is 0 Å². The molecule has 4 nitrogen and oxygen atoms in total. The van der Waals surface area contributed by atoms with E-state index in [1.165, 1.54) is 13.0 Å². The van der Waals surface area contributed by atoms with Gasteiger partial charge in [-0.25, -0.2) is 0 Å². The predicted molar refractivity (Wildman–Crippen MR) is 97.6 cm³/mol. The Labute approximate surface area is 156 Å². The summed E-state index contributed by atoms with van der Waals surface area (Å²) in [6.45, 7) is 9.21. The summed E-state index contributed by atoms with van der Waals surface area (Å²) < 4.78 is 47.6. The molecule has 0 aliphatic heterocycles. The molecule has 150 valence electrons. The van der Waals surface area contributed by atoms with Gasteiger partial charge in [-0.2, -0.15) is 13.2 Å². The normalized spacial score (nSPS) is 14.4. The van der Waals surface area contributed by atoms with Crippen LogP contribution in [0, 0.1) is 6.92 Å². The molecule has 0 radical (unpaired) electrons. The molecule has 1 aromatic heterocycles. The van der Waals surface area contributed by atoms with Crippen LogP contribution in [0.25, 0.3) is 10.9 Å². The number of benzene rings is 1. The lowest BCUT2D eigenvalue weighted by atomic mass is 9.91. The van der Waals surface area contributed by atoms with E-state index in [1.807, 2.05) is 13.8 Å². The average molecular weight is 385 g/mol. The number of esters is 1. The minimum Gasteiger partial charge on any atom is -0.466 e. The Kier molecular flexibility index (Phi) is 6.24. The number of hydrogen-bond donors (Lipinski definition) is 1. The second-order valence-corrected chi connectivity index (χ2v) is 6.59. The van der Waals surface area contributed by atoms with Crippen molar-refractivity contribution in [1.82, 2.24) is 4.57 Å². The van der Waals surface area contributed by atoms with Crippen LogP contribution in [0.5, 0.6) is 0 Å². The van der Waals surface area contributed by atoms with E-state index in [1.54, 1.807) is 18.4 Å². The van der Waals surface area contributed by atoms with Crippen molar-refractivity contribution in [3.8, 4) is 0 Å². The Balaban J connectivity index is 2.88. The largest absolute Gasteiger partial charge is 0.466 e.